The Bertz CT molecular complexity index is 1910. The van der Waals surface area contributed by atoms with Crippen LogP contribution >= 0.6 is 0 Å². The molecule has 4 N–H and O–H groups in total. The van der Waals surface area contributed by atoms with Crippen molar-refractivity contribution < 1.29 is 23.8 Å². The second kappa shape index (κ2) is 12.4. The minimum absolute atomic E-state index is 0.0304. The van der Waals surface area contributed by atoms with E-state index in [4.69, 9.17) is 14.9 Å². The molecule has 10 nitrogen and oxygen atoms in total. The molecule has 2 aromatic rings. The number of anilines is 1. The van der Waals surface area contributed by atoms with Crippen LogP contribution in [0.1, 0.15) is 143 Å². The number of carboxylic acid groups (broad SMARTS) is 1. The van der Waals surface area contributed by atoms with Crippen LogP contribution in [-0.4, -0.2) is 68.9 Å². The number of hydrogen-bond acceptors (Lipinski definition) is 7. The number of aromatic amines is 1. The highest BCUT2D eigenvalue weighted by atomic mass is 16.6. The Morgan fingerprint density at radius 3 is 2.36 bits per heavy atom. The van der Waals surface area contributed by atoms with Gasteiger partial charge in [-0.3, -0.25) is 14.8 Å². The molecule has 0 spiro atoms. The predicted molar refractivity (Wildman–Crippen MR) is 214 cm³/mol. The fraction of sp³-hybridized carbons (Fsp3) is 0.756. The van der Waals surface area contributed by atoms with Crippen molar-refractivity contribution in [1.82, 2.24) is 20.0 Å². The average Bonchev–Trinajstić information content (AvgIpc) is 3.70. The number of amides is 1. The Morgan fingerprint density at radius 2 is 1.69 bits per heavy atom. The SMILES string of the molecule is CC1(C)CCC2(C(=O)O)CCC3(C)C(=C(c4ccoc4CN4CCN(C(=O)OC(C)(C)C)CC4)CC4C5(C)Cc6c(N)n[nH]c6C(C)(C)C5CCC43C)C2C1. The Labute approximate surface area is 328 Å². The lowest BCUT2D eigenvalue weighted by molar-refractivity contribution is -0.175. The van der Waals surface area contributed by atoms with Crippen molar-refractivity contribution in [3.05, 3.63) is 40.5 Å². The van der Waals surface area contributed by atoms with E-state index >= 15 is 0 Å². The fourth-order valence-electron chi connectivity index (χ4n) is 13.8. The van der Waals surface area contributed by atoms with Crippen LogP contribution in [0.4, 0.5) is 10.6 Å². The van der Waals surface area contributed by atoms with Crippen LogP contribution in [0.25, 0.3) is 5.57 Å². The zero-order chi connectivity index (χ0) is 39.7. The number of furan rings is 1. The summed E-state index contributed by atoms with van der Waals surface area (Å²) in [6.45, 7) is 26.2. The Balaban J connectivity index is 1.24. The first kappa shape index (κ1) is 38.6. The lowest BCUT2D eigenvalue weighted by atomic mass is 9.33. The van der Waals surface area contributed by atoms with Crippen molar-refractivity contribution >= 4 is 23.5 Å². The van der Waals surface area contributed by atoms with Gasteiger partial charge < -0.3 is 24.9 Å². The number of fused-ring (bicyclic) bond motifs is 8. The minimum Gasteiger partial charge on any atom is -0.481 e. The van der Waals surface area contributed by atoms with E-state index in [1.807, 2.05) is 31.9 Å². The standard InChI is InChI=1S/C45H67N5O5/c1-39(2,3)55-38(53)50-20-18-49(19-21-50)26-31-27(12-22-54-31)28-23-33-42(8)24-29-35(47-48-36(29)46)41(6,7)32(42)11-13-43(33,9)44(10)15-17-45(37(51)52)16-14-40(4,5)25-30(45)34(28)44/h12,22,30,32-33H,11,13-21,23-26H2,1-10H3,(H,51,52)(H3,46,47,48). The number of nitrogens with two attached hydrogens (primary N) is 1. The summed E-state index contributed by atoms with van der Waals surface area (Å²) in [6, 6.07) is 2.18. The van der Waals surface area contributed by atoms with E-state index in [1.54, 1.807) is 0 Å². The summed E-state index contributed by atoms with van der Waals surface area (Å²) in [5.41, 5.74) is 11.4. The van der Waals surface area contributed by atoms with E-state index < -0.39 is 17.0 Å². The highest BCUT2D eigenvalue weighted by Crippen LogP contribution is 2.77. The fourth-order valence-corrected chi connectivity index (χ4v) is 13.8. The maximum Gasteiger partial charge on any atom is 0.410 e. The first-order valence-electron chi connectivity index (χ1n) is 21.1. The number of nitrogen functional groups attached to an aromatic ring is 1. The molecule has 0 aromatic carbocycles. The number of H-pyrrole nitrogens is 1. The van der Waals surface area contributed by atoms with Gasteiger partial charge in [0.15, 0.2) is 0 Å². The number of allylic oxidation sites excluding steroid dienone is 2. The second-order valence-electron chi connectivity index (χ2n) is 21.7. The molecule has 2 aromatic heterocycles. The summed E-state index contributed by atoms with van der Waals surface area (Å²) < 4.78 is 12.2. The van der Waals surface area contributed by atoms with E-state index in [9.17, 15) is 14.7 Å². The molecular formula is C45H67N5O5. The van der Waals surface area contributed by atoms with Crippen molar-refractivity contribution in [2.24, 2.45) is 44.8 Å². The Kier molecular flexibility index (Phi) is 8.68. The highest BCUT2D eigenvalue weighted by Gasteiger charge is 2.70. The van der Waals surface area contributed by atoms with Crippen molar-refractivity contribution in [2.75, 3.05) is 31.9 Å². The number of piperazine rings is 1. The van der Waals surface area contributed by atoms with Gasteiger partial charge in [0.05, 0.1) is 18.2 Å². The van der Waals surface area contributed by atoms with E-state index in [-0.39, 0.29) is 39.1 Å². The molecular weight excluding hydrogens is 691 g/mol. The van der Waals surface area contributed by atoms with Gasteiger partial charge in [-0.15, -0.1) is 0 Å². The minimum atomic E-state index is -0.755. The number of nitrogens with one attached hydrogen (secondary N) is 1. The molecule has 10 heteroatoms. The van der Waals surface area contributed by atoms with Crippen molar-refractivity contribution in [3.63, 3.8) is 0 Å². The van der Waals surface area contributed by atoms with Gasteiger partial charge in [-0.1, -0.05) is 54.0 Å². The average molecular weight is 758 g/mol. The molecule has 0 bridgehead atoms. The van der Waals surface area contributed by atoms with Gasteiger partial charge in [0.2, 0.25) is 0 Å². The predicted octanol–water partition coefficient (Wildman–Crippen LogP) is 9.07. The molecule has 6 aliphatic rings. The van der Waals surface area contributed by atoms with Crippen LogP contribution in [0, 0.1) is 44.8 Å². The molecule has 4 fully saturated rings. The third-order valence-corrected chi connectivity index (χ3v) is 16.9. The first-order valence-corrected chi connectivity index (χ1v) is 21.1. The summed E-state index contributed by atoms with van der Waals surface area (Å²) in [4.78, 5) is 30.7. The molecule has 5 aliphatic carbocycles. The number of ether oxygens (including phenoxy) is 1. The molecule has 1 aliphatic heterocycles. The number of carbonyl (C=O) groups is 2. The van der Waals surface area contributed by atoms with E-state index in [0.717, 1.165) is 82.2 Å². The number of hydrogen-bond donors (Lipinski definition) is 3. The number of rotatable bonds is 4. The maximum atomic E-state index is 13.7. The van der Waals surface area contributed by atoms with Gasteiger partial charge in [-0.2, -0.15) is 5.10 Å². The Morgan fingerprint density at radius 1 is 1.00 bits per heavy atom. The number of nitrogens with zero attached hydrogens (tertiary/aromatic N) is 3. The van der Waals surface area contributed by atoms with Gasteiger partial charge in [-0.25, -0.2) is 4.79 Å². The van der Waals surface area contributed by atoms with Gasteiger partial charge in [0, 0.05) is 48.4 Å². The summed E-state index contributed by atoms with van der Waals surface area (Å²) in [5.74, 6) is 1.71. The van der Waals surface area contributed by atoms with Gasteiger partial charge in [0.1, 0.15) is 17.2 Å². The van der Waals surface area contributed by atoms with Gasteiger partial charge in [0.25, 0.3) is 0 Å². The van der Waals surface area contributed by atoms with Crippen LogP contribution in [0.15, 0.2) is 22.3 Å². The molecule has 7 atom stereocenters. The summed E-state index contributed by atoms with van der Waals surface area (Å²) >= 11 is 0. The third-order valence-electron chi connectivity index (χ3n) is 16.9. The number of aliphatic carboxylic acids is 1. The Hall–Kier alpha value is -3.27. The molecule has 1 saturated heterocycles. The summed E-state index contributed by atoms with van der Waals surface area (Å²) in [7, 11) is 0. The molecule has 1 amide bonds. The summed E-state index contributed by atoms with van der Waals surface area (Å²) in [6.07, 6.45) is 9.77. The molecule has 3 heterocycles. The molecule has 0 radical (unpaired) electrons. The molecule has 8 rings (SSSR count). The zero-order valence-corrected chi connectivity index (χ0v) is 35.3. The topological polar surface area (TPSA) is 138 Å². The van der Waals surface area contributed by atoms with E-state index in [0.29, 0.717) is 37.3 Å². The van der Waals surface area contributed by atoms with E-state index in [1.165, 1.54) is 22.4 Å². The van der Waals surface area contributed by atoms with Crippen LogP contribution in [-0.2, 0) is 27.9 Å². The number of carboxylic acids is 1. The van der Waals surface area contributed by atoms with Crippen molar-refractivity contribution in [2.45, 2.75) is 145 Å². The number of carbonyl (C=O) groups excluding carboxylic acids is 1. The molecule has 7 unspecified atom stereocenters. The highest BCUT2D eigenvalue weighted by molar-refractivity contribution is 5.80. The third kappa shape index (κ3) is 5.67. The smallest absolute Gasteiger partial charge is 0.410 e. The maximum absolute atomic E-state index is 13.7. The van der Waals surface area contributed by atoms with Crippen molar-refractivity contribution in [3.8, 4) is 0 Å². The largest absolute Gasteiger partial charge is 0.481 e. The van der Waals surface area contributed by atoms with Crippen molar-refractivity contribution in [1.29, 1.82) is 0 Å². The molecule has 55 heavy (non-hydrogen) atoms. The van der Waals surface area contributed by atoms with Gasteiger partial charge in [-0.05, 0) is 130 Å². The summed E-state index contributed by atoms with van der Waals surface area (Å²) in [5, 5.41) is 19.1. The lowest BCUT2D eigenvalue weighted by Gasteiger charge is -2.71. The molecule has 302 valence electrons. The first-order chi connectivity index (χ1) is 25.6. The van der Waals surface area contributed by atoms with Crippen LogP contribution < -0.4 is 5.73 Å². The lowest BCUT2D eigenvalue weighted by Crippen LogP contribution is -2.65. The van der Waals surface area contributed by atoms with Crippen LogP contribution in [0.2, 0.25) is 0 Å². The van der Waals surface area contributed by atoms with Crippen LogP contribution in [0.5, 0.6) is 0 Å². The quantitative estimate of drug-likeness (QED) is 0.281. The normalized spacial score (nSPS) is 36.9. The molecule has 3 saturated carbocycles. The monoisotopic (exact) mass is 758 g/mol. The van der Waals surface area contributed by atoms with E-state index in [2.05, 4.69) is 69.6 Å². The van der Waals surface area contributed by atoms with Gasteiger partial charge >= 0.3 is 12.1 Å². The second-order valence-corrected chi connectivity index (χ2v) is 21.7. The number of aromatic nitrogens is 2. The van der Waals surface area contributed by atoms with Crippen LogP contribution in [0.3, 0.4) is 0 Å². The zero-order valence-electron chi connectivity index (χ0n) is 35.3.